The van der Waals surface area contributed by atoms with Crippen LogP contribution in [-0.4, -0.2) is 24.3 Å². The molecule has 0 saturated heterocycles. The summed E-state index contributed by atoms with van der Waals surface area (Å²) in [5.41, 5.74) is 6.39. The van der Waals surface area contributed by atoms with Crippen molar-refractivity contribution in [3.8, 4) is 0 Å². The van der Waals surface area contributed by atoms with Crippen LogP contribution in [0.25, 0.3) is 0 Å². The van der Waals surface area contributed by atoms with Crippen LogP contribution in [0.1, 0.15) is 41.6 Å². The van der Waals surface area contributed by atoms with Crippen LogP contribution in [0.2, 0.25) is 0 Å². The summed E-state index contributed by atoms with van der Waals surface area (Å²) in [5, 5.41) is 5.45. The largest absolute Gasteiger partial charge is 0.368 e. The lowest BCUT2D eigenvalue weighted by Gasteiger charge is -2.20. The van der Waals surface area contributed by atoms with Crippen molar-refractivity contribution in [3.63, 3.8) is 0 Å². The van der Waals surface area contributed by atoms with Crippen molar-refractivity contribution in [2.45, 2.75) is 32.2 Å². The molecular formula is C18H23N3O3. The molecule has 3 rings (SSSR count). The van der Waals surface area contributed by atoms with Gasteiger partial charge in [-0.1, -0.05) is 18.6 Å². The summed E-state index contributed by atoms with van der Waals surface area (Å²) in [4.78, 5) is 34.8. The number of nitrogens with two attached hydrogens (primary N) is 1. The molecule has 1 aromatic rings. The molecular weight excluding hydrogens is 306 g/mol. The monoisotopic (exact) mass is 329 g/mol. The van der Waals surface area contributed by atoms with Gasteiger partial charge in [-0.3, -0.25) is 14.4 Å². The molecule has 128 valence electrons. The van der Waals surface area contributed by atoms with Crippen molar-refractivity contribution in [2.24, 2.45) is 23.5 Å². The number of fused-ring (bicyclic) bond motifs is 2. The summed E-state index contributed by atoms with van der Waals surface area (Å²) in [7, 11) is 0. The van der Waals surface area contributed by atoms with E-state index in [9.17, 15) is 14.4 Å². The SMILES string of the molecule is NC(=O)CNC(=O)c1ccc(CNC(=O)[C@H]2C[C@H]3CC[C@@H]2C3)cc1. The number of nitrogens with one attached hydrogen (secondary N) is 2. The van der Waals surface area contributed by atoms with Gasteiger partial charge in [-0.25, -0.2) is 0 Å². The standard InChI is InChI=1S/C18H23N3O3/c19-16(22)10-21-17(23)13-4-1-11(2-5-13)9-20-18(24)15-8-12-3-6-14(15)7-12/h1-2,4-5,12,14-15H,3,6-10H2,(H2,19,22)(H,20,24)(H,21,23)/t12-,14+,15-/m0/s1. The van der Waals surface area contributed by atoms with Crippen molar-refractivity contribution in [1.29, 1.82) is 0 Å². The molecule has 0 radical (unpaired) electrons. The van der Waals surface area contributed by atoms with E-state index in [1.807, 2.05) is 0 Å². The molecule has 4 N–H and O–H groups in total. The summed E-state index contributed by atoms with van der Waals surface area (Å²) in [6.45, 7) is 0.288. The third-order valence-corrected chi connectivity index (χ3v) is 5.18. The lowest BCUT2D eigenvalue weighted by molar-refractivity contribution is -0.126. The lowest BCUT2D eigenvalue weighted by Crippen LogP contribution is -2.33. The molecule has 6 nitrogen and oxygen atoms in total. The van der Waals surface area contributed by atoms with E-state index in [0.717, 1.165) is 17.9 Å². The van der Waals surface area contributed by atoms with Crippen LogP contribution in [0.15, 0.2) is 24.3 Å². The predicted molar refractivity (Wildman–Crippen MR) is 88.8 cm³/mol. The third-order valence-electron chi connectivity index (χ3n) is 5.18. The van der Waals surface area contributed by atoms with Crippen molar-refractivity contribution in [2.75, 3.05) is 6.54 Å². The number of carbonyl (C=O) groups excluding carboxylic acids is 3. The number of carbonyl (C=O) groups is 3. The van der Waals surface area contributed by atoms with Gasteiger partial charge in [-0.15, -0.1) is 0 Å². The highest BCUT2D eigenvalue weighted by Gasteiger charge is 2.42. The second-order valence-corrected chi connectivity index (χ2v) is 6.85. The first-order valence-corrected chi connectivity index (χ1v) is 8.46. The van der Waals surface area contributed by atoms with Gasteiger partial charge in [-0.2, -0.15) is 0 Å². The molecule has 0 spiro atoms. The second-order valence-electron chi connectivity index (χ2n) is 6.85. The Bertz CT molecular complexity index is 641. The van der Waals surface area contributed by atoms with Gasteiger partial charge in [0.25, 0.3) is 5.91 Å². The fraction of sp³-hybridized carbons (Fsp3) is 0.500. The molecule has 3 atom stereocenters. The van der Waals surface area contributed by atoms with E-state index in [-0.39, 0.29) is 24.3 Å². The zero-order valence-corrected chi connectivity index (χ0v) is 13.6. The highest BCUT2D eigenvalue weighted by molar-refractivity contribution is 5.96. The molecule has 0 heterocycles. The zero-order chi connectivity index (χ0) is 17.1. The number of amides is 3. The number of hydrogen-bond acceptors (Lipinski definition) is 3. The van der Waals surface area contributed by atoms with E-state index in [4.69, 9.17) is 5.73 Å². The Morgan fingerprint density at radius 2 is 1.79 bits per heavy atom. The van der Waals surface area contributed by atoms with Crippen molar-refractivity contribution >= 4 is 17.7 Å². The highest BCUT2D eigenvalue weighted by atomic mass is 16.2. The van der Waals surface area contributed by atoms with Gasteiger partial charge in [-0.05, 0) is 48.8 Å². The summed E-state index contributed by atoms with van der Waals surface area (Å²) in [6.07, 6.45) is 4.73. The first-order valence-electron chi connectivity index (χ1n) is 8.46. The molecule has 2 bridgehead atoms. The highest BCUT2D eigenvalue weighted by Crippen LogP contribution is 2.48. The molecule has 2 aliphatic rings. The number of rotatable bonds is 6. The van der Waals surface area contributed by atoms with Crippen molar-refractivity contribution in [1.82, 2.24) is 10.6 Å². The van der Waals surface area contributed by atoms with Crippen LogP contribution >= 0.6 is 0 Å². The molecule has 2 aliphatic carbocycles. The minimum absolute atomic E-state index is 0.158. The van der Waals surface area contributed by atoms with Gasteiger partial charge in [0.15, 0.2) is 0 Å². The average molecular weight is 329 g/mol. The topological polar surface area (TPSA) is 101 Å². The average Bonchev–Trinajstić information content (AvgIpc) is 3.21. The van der Waals surface area contributed by atoms with Crippen LogP contribution < -0.4 is 16.4 Å². The molecule has 24 heavy (non-hydrogen) atoms. The molecule has 0 aliphatic heterocycles. The summed E-state index contributed by atoms with van der Waals surface area (Å²) in [5.74, 6) is 0.748. The zero-order valence-electron chi connectivity index (χ0n) is 13.6. The van der Waals surface area contributed by atoms with Crippen molar-refractivity contribution in [3.05, 3.63) is 35.4 Å². The van der Waals surface area contributed by atoms with Crippen LogP contribution in [0.5, 0.6) is 0 Å². The Labute approximate surface area is 141 Å². The summed E-state index contributed by atoms with van der Waals surface area (Å²) >= 11 is 0. The summed E-state index contributed by atoms with van der Waals surface area (Å²) < 4.78 is 0. The van der Waals surface area contributed by atoms with E-state index < -0.39 is 5.91 Å². The maximum Gasteiger partial charge on any atom is 0.251 e. The van der Waals surface area contributed by atoms with E-state index in [1.54, 1.807) is 24.3 Å². The smallest absolute Gasteiger partial charge is 0.251 e. The van der Waals surface area contributed by atoms with Gasteiger partial charge in [0.1, 0.15) is 0 Å². The third kappa shape index (κ3) is 3.75. The van der Waals surface area contributed by atoms with Crippen LogP contribution in [0, 0.1) is 17.8 Å². The number of benzene rings is 1. The Hall–Kier alpha value is -2.37. The first-order chi connectivity index (χ1) is 11.5. The lowest BCUT2D eigenvalue weighted by atomic mass is 9.88. The van der Waals surface area contributed by atoms with Crippen molar-refractivity contribution < 1.29 is 14.4 Å². The number of hydrogen-bond donors (Lipinski definition) is 3. The Balaban J connectivity index is 1.48. The minimum atomic E-state index is -0.580. The van der Waals surface area contributed by atoms with E-state index in [2.05, 4.69) is 10.6 Å². The van der Waals surface area contributed by atoms with E-state index >= 15 is 0 Å². The predicted octanol–water partition coefficient (Wildman–Crippen LogP) is 0.954. The fourth-order valence-electron chi connectivity index (χ4n) is 3.93. The van der Waals surface area contributed by atoms with E-state index in [1.165, 1.54) is 19.3 Å². The van der Waals surface area contributed by atoms with Crippen LogP contribution in [-0.2, 0) is 16.1 Å². The maximum absolute atomic E-state index is 12.3. The van der Waals surface area contributed by atoms with Gasteiger partial charge >= 0.3 is 0 Å². The molecule has 2 saturated carbocycles. The summed E-state index contributed by atoms with van der Waals surface area (Å²) in [6, 6.07) is 6.96. The van der Waals surface area contributed by atoms with Gasteiger partial charge in [0.2, 0.25) is 11.8 Å². The Kier molecular flexibility index (Phi) is 4.83. The minimum Gasteiger partial charge on any atom is -0.368 e. The molecule has 2 fully saturated rings. The Morgan fingerprint density at radius 3 is 2.38 bits per heavy atom. The molecule has 0 aromatic heterocycles. The van der Waals surface area contributed by atoms with Gasteiger partial charge in [0.05, 0.1) is 6.54 Å². The Morgan fingerprint density at radius 1 is 1.04 bits per heavy atom. The fourth-order valence-corrected chi connectivity index (χ4v) is 3.93. The first kappa shape index (κ1) is 16.5. The normalized spacial score (nSPS) is 24.6. The van der Waals surface area contributed by atoms with Gasteiger partial charge < -0.3 is 16.4 Å². The second kappa shape index (κ2) is 7.03. The van der Waals surface area contributed by atoms with Crippen LogP contribution in [0.3, 0.4) is 0 Å². The number of primary amides is 1. The van der Waals surface area contributed by atoms with Crippen LogP contribution in [0.4, 0.5) is 0 Å². The molecule has 3 amide bonds. The maximum atomic E-state index is 12.3. The molecule has 0 unspecified atom stereocenters. The van der Waals surface area contributed by atoms with E-state index in [0.29, 0.717) is 18.0 Å². The molecule has 6 heteroatoms. The quantitative estimate of drug-likeness (QED) is 0.724. The van der Waals surface area contributed by atoms with Gasteiger partial charge in [0, 0.05) is 18.0 Å². The molecule has 1 aromatic carbocycles.